The molecule has 1 aromatic rings. The number of aryl methyl sites for hydroxylation is 1. The van der Waals surface area contributed by atoms with E-state index >= 15 is 0 Å². The average molecular weight is 183 g/mol. The molecular weight excluding hydrogens is 170 g/mol. The predicted molar refractivity (Wildman–Crippen MR) is 51.7 cm³/mol. The van der Waals surface area contributed by atoms with Gasteiger partial charge in [0.25, 0.3) is 5.56 Å². The van der Waals surface area contributed by atoms with Crippen molar-refractivity contribution in [2.75, 3.05) is 6.54 Å². The van der Waals surface area contributed by atoms with Gasteiger partial charge >= 0.3 is 5.69 Å². The number of aromatic amines is 2. The lowest BCUT2D eigenvalue weighted by Crippen LogP contribution is -2.22. The van der Waals surface area contributed by atoms with Crippen molar-refractivity contribution in [1.82, 2.24) is 9.97 Å². The van der Waals surface area contributed by atoms with Crippen molar-refractivity contribution >= 4 is 0 Å². The smallest absolute Gasteiger partial charge is 0.325 e. The van der Waals surface area contributed by atoms with Crippen LogP contribution in [0.25, 0.3) is 0 Å². The van der Waals surface area contributed by atoms with Gasteiger partial charge in [-0.05, 0) is 6.92 Å². The van der Waals surface area contributed by atoms with Crippen LogP contribution in [0.1, 0.15) is 5.56 Å². The van der Waals surface area contributed by atoms with Crippen LogP contribution in [0.5, 0.6) is 0 Å². The number of rotatable bonds is 1. The van der Waals surface area contributed by atoms with Crippen molar-refractivity contribution in [2.45, 2.75) is 6.92 Å². The Hall–Kier alpha value is -1.62. The summed E-state index contributed by atoms with van der Waals surface area (Å²) in [6.07, 6.45) is 3.03. The van der Waals surface area contributed by atoms with Crippen molar-refractivity contribution < 1.29 is 0 Å². The van der Waals surface area contributed by atoms with Crippen molar-refractivity contribution in [3.63, 3.8) is 0 Å². The summed E-state index contributed by atoms with van der Waals surface area (Å²) in [7, 11) is 0. The normalized spacial score (nSPS) is 8.46. The second-order valence-corrected chi connectivity index (χ2v) is 2.28. The van der Waals surface area contributed by atoms with Crippen LogP contribution in [-0.4, -0.2) is 16.5 Å². The van der Waals surface area contributed by atoms with Gasteiger partial charge in [-0.15, -0.1) is 6.58 Å². The Balaban J connectivity index is 0.000000310. The molecule has 0 aliphatic rings. The van der Waals surface area contributed by atoms with Crippen LogP contribution >= 0.6 is 0 Å². The van der Waals surface area contributed by atoms with Gasteiger partial charge in [0.15, 0.2) is 0 Å². The molecule has 5 heteroatoms. The molecule has 72 valence electrons. The lowest BCUT2D eigenvalue weighted by Gasteiger charge is -1.84. The summed E-state index contributed by atoms with van der Waals surface area (Å²) in [6.45, 7) is 5.56. The quantitative estimate of drug-likeness (QED) is 0.513. The van der Waals surface area contributed by atoms with Crippen LogP contribution in [0, 0.1) is 6.92 Å². The number of nitrogens with two attached hydrogens (primary N) is 1. The molecule has 0 bridgehead atoms. The zero-order chi connectivity index (χ0) is 10.3. The van der Waals surface area contributed by atoms with Gasteiger partial charge in [0, 0.05) is 18.3 Å². The first kappa shape index (κ1) is 11.4. The van der Waals surface area contributed by atoms with Crippen LogP contribution in [0.2, 0.25) is 0 Å². The Bertz CT molecular complexity index is 364. The third kappa shape index (κ3) is 4.76. The largest absolute Gasteiger partial charge is 0.327 e. The highest BCUT2D eigenvalue weighted by atomic mass is 16.2. The zero-order valence-electron chi connectivity index (χ0n) is 7.46. The van der Waals surface area contributed by atoms with Crippen molar-refractivity contribution in [3.8, 4) is 0 Å². The summed E-state index contributed by atoms with van der Waals surface area (Å²) in [5.41, 5.74) is 4.62. The number of hydrogen-bond acceptors (Lipinski definition) is 3. The summed E-state index contributed by atoms with van der Waals surface area (Å²) in [6, 6.07) is 0. The standard InChI is InChI=1S/C5H6N2O2.C3H7N/c1-3-2-6-5(9)7-4(3)8;1-2-3-4/h2H,1H3,(H2,6,7,8,9);2H,1,3-4H2. The average Bonchev–Trinajstić information content (AvgIpc) is 2.12. The Labute approximate surface area is 75.3 Å². The van der Waals surface area contributed by atoms with Gasteiger partial charge in [-0.1, -0.05) is 6.08 Å². The summed E-state index contributed by atoms with van der Waals surface area (Å²) in [4.78, 5) is 25.3. The molecule has 1 rings (SSSR count). The van der Waals surface area contributed by atoms with E-state index in [-0.39, 0.29) is 5.56 Å². The molecule has 0 aliphatic carbocycles. The molecule has 0 unspecified atom stereocenters. The van der Waals surface area contributed by atoms with Crippen LogP contribution in [0.4, 0.5) is 0 Å². The van der Waals surface area contributed by atoms with E-state index in [9.17, 15) is 9.59 Å². The fraction of sp³-hybridized carbons (Fsp3) is 0.250. The van der Waals surface area contributed by atoms with E-state index in [1.54, 1.807) is 13.0 Å². The molecule has 0 aliphatic heterocycles. The number of aromatic nitrogens is 2. The van der Waals surface area contributed by atoms with Gasteiger partial charge < -0.3 is 10.7 Å². The Morgan fingerprint density at radius 2 is 2.15 bits per heavy atom. The maximum absolute atomic E-state index is 10.6. The molecule has 1 heterocycles. The van der Waals surface area contributed by atoms with Crippen LogP contribution in [-0.2, 0) is 0 Å². The third-order valence-electron chi connectivity index (χ3n) is 1.17. The highest BCUT2D eigenvalue weighted by Gasteiger charge is 1.88. The topological polar surface area (TPSA) is 91.7 Å². The van der Waals surface area contributed by atoms with E-state index in [0.29, 0.717) is 12.1 Å². The lowest BCUT2D eigenvalue weighted by molar-refractivity contribution is 1.01. The molecule has 4 N–H and O–H groups in total. The summed E-state index contributed by atoms with van der Waals surface area (Å²) in [5, 5.41) is 0. The van der Waals surface area contributed by atoms with Gasteiger partial charge in [0.05, 0.1) is 0 Å². The van der Waals surface area contributed by atoms with Gasteiger partial charge in [-0.2, -0.15) is 0 Å². The fourth-order valence-electron chi connectivity index (χ4n) is 0.477. The molecule has 5 nitrogen and oxygen atoms in total. The Morgan fingerprint density at radius 3 is 2.46 bits per heavy atom. The first-order chi connectivity index (χ1) is 6.11. The first-order valence-electron chi connectivity index (χ1n) is 3.71. The monoisotopic (exact) mass is 183 g/mol. The van der Waals surface area contributed by atoms with Crippen LogP contribution < -0.4 is 17.0 Å². The molecule has 0 amide bonds. The second-order valence-electron chi connectivity index (χ2n) is 2.28. The second kappa shape index (κ2) is 5.96. The number of nitrogens with one attached hydrogen (secondary N) is 2. The van der Waals surface area contributed by atoms with Crippen LogP contribution in [0.15, 0.2) is 28.4 Å². The molecule has 1 aromatic heterocycles. The van der Waals surface area contributed by atoms with E-state index in [0.717, 1.165) is 0 Å². The van der Waals surface area contributed by atoms with Gasteiger partial charge in [0.1, 0.15) is 0 Å². The maximum Gasteiger partial charge on any atom is 0.325 e. The van der Waals surface area contributed by atoms with Crippen molar-refractivity contribution in [2.24, 2.45) is 5.73 Å². The molecule has 13 heavy (non-hydrogen) atoms. The highest BCUT2D eigenvalue weighted by molar-refractivity contribution is 4.98. The van der Waals surface area contributed by atoms with Crippen molar-refractivity contribution in [1.29, 1.82) is 0 Å². The SMILES string of the molecule is C=CCN.Cc1c[nH]c(=O)[nH]c1=O. The van der Waals surface area contributed by atoms with E-state index in [2.05, 4.69) is 16.5 Å². The van der Waals surface area contributed by atoms with E-state index in [1.165, 1.54) is 6.20 Å². The summed E-state index contributed by atoms with van der Waals surface area (Å²) < 4.78 is 0. The summed E-state index contributed by atoms with van der Waals surface area (Å²) >= 11 is 0. The van der Waals surface area contributed by atoms with Gasteiger partial charge in [-0.3, -0.25) is 9.78 Å². The molecule has 0 fully saturated rings. The predicted octanol–water partition coefficient (Wildman–Crippen LogP) is -0.497. The lowest BCUT2D eigenvalue weighted by atomic mass is 10.4. The molecule has 0 atom stereocenters. The van der Waals surface area contributed by atoms with E-state index in [1.807, 2.05) is 0 Å². The third-order valence-corrected chi connectivity index (χ3v) is 1.17. The maximum atomic E-state index is 10.6. The Kier molecular flexibility index (Phi) is 5.22. The van der Waals surface area contributed by atoms with E-state index < -0.39 is 5.69 Å². The molecule has 0 saturated heterocycles. The fourth-order valence-corrected chi connectivity index (χ4v) is 0.477. The number of H-pyrrole nitrogens is 2. The van der Waals surface area contributed by atoms with E-state index in [4.69, 9.17) is 5.73 Å². The zero-order valence-corrected chi connectivity index (χ0v) is 7.46. The highest BCUT2D eigenvalue weighted by Crippen LogP contribution is 1.73. The van der Waals surface area contributed by atoms with Gasteiger partial charge in [0.2, 0.25) is 0 Å². The summed E-state index contributed by atoms with van der Waals surface area (Å²) in [5.74, 6) is 0. The minimum absolute atomic E-state index is 0.334. The van der Waals surface area contributed by atoms with Gasteiger partial charge in [-0.25, -0.2) is 4.79 Å². The molecule has 0 saturated carbocycles. The van der Waals surface area contributed by atoms with Crippen LogP contribution in [0.3, 0.4) is 0 Å². The first-order valence-corrected chi connectivity index (χ1v) is 3.71. The molecule has 0 aromatic carbocycles. The minimum Gasteiger partial charge on any atom is -0.327 e. The van der Waals surface area contributed by atoms with Crippen molar-refractivity contribution in [3.05, 3.63) is 45.3 Å². The Morgan fingerprint density at radius 1 is 1.62 bits per heavy atom. The number of hydrogen-bond donors (Lipinski definition) is 3. The molecule has 0 spiro atoms. The molecule has 0 radical (unpaired) electrons. The minimum atomic E-state index is -0.467. The molecular formula is C8H13N3O2.